The van der Waals surface area contributed by atoms with Gasteiger partial charge in [0.1, 0.15) is 23.1 Å². The highest BCUT2D eigenvalue weighted by atomic mass is 16.5. The molecule has 0 amide bonds. The number of ether oxygens (including phenoxy) is 2. The van der Waals surface area contributed by atoms with Gasteiger partial charge in [0.15, 0.2) is 0 Å². The molecule has 0 aliphatic carbocycles. The Balaban J connectivity index is 2.31. The van der Waals surface area contributed by atoms with Crippen LogP contribution >= 0.6 is 0 Å². The molecule has 4 heteroatoms. The smallest absolute Gasteiger partial charge is 0.349 e. The maximum atomic E-state index is 12.1. The van der Waals surface area contributed by atoms with E-state index in [0.29, 0.717) is 28.2 Å². The second-order valence-corrected chi connectivity index (χ2v) is 4.68. The quantitative estimate of drug-likeness (QED) is 0.410. The largest absolute Gasteiger partial charge is 0.462 e. The molecular formula is C18H13NO3. The van der Waals surface area contributed by atoms with E-state index in [1.165, 1.54) is 0 Å². The number of nitrogens with zero attached hydrogens (tertiary/aromatic N) is 1. The molecule has 0 unspecified atom stereocenters. The number of benzene rings is 2. The summed E-state index contributed by atoms with van der Waals surface area (Å²) in [6.07, 6.45) is 0. The van der Waals surface area contributed by atoms with E-state index in [1.807, 2.05) is 54.6 Å². The Morgan fingerprint density at radius 3 is 2.14 bits per heavy atom. The molecule has 108 valence electrons. The van der Waals surface area contributed by atoms with E-state index in [-0.39, 0.29) is 12.2 Å². The van der Waals surface area contributed by atoms with Crippen molar-refractivity contribution in [2.24, 2.45) is 0 Å². The summed E-state index contributed by atoms with van der Waals surface area (Å²) in [4.78, 5) is 12.1. The average Bonchev–Trinajstić information content (AvgIpc) is 2.55. The third-order valence-electron chi connectivity index (χ3n) is 3.37. The SMILES string of the molecule is CCOC(=O)C(C#N)=C1c2ccccc2Oc2ccccc21. The van der Waals surface area contributed by atoms with E-state index < -0.39 is 5.97 Å². The zero-order valence-corrected chi connectivity index (χ0v) is 12.0. The fraction of sp³-hybridized carbons (Fsp3) is 0.111. The highest BCUT2D eigenvalue weighted by Crippen LogP contribution is 2.44. The van der Waals surface area contributed by atoms with E-state index in [9.17, 15) is 10.1 Å². The maximum Gasteiger partial charge on any atom is 0.349 e. The third-order valence-corrected chi connectivity index (χ3v) is 3.37. The first kappa shape index (κ1) is 13.9. The van der Waals surface area contributed by atoms with Crippen LogP contribution in [0.15, 0.2) is 54.1 Å². The van der Waals surface area contributed by atoms with Crippen molar-refractivity contribution in [1.82, 2.24) is 0 Å². The van der Waals surface area contributed by atoms with Gasteiger partial charge in [0.2, 0.25) is 0 Å². The molecule has 2 aromatic carbocycles. The minimum Gasteiger partial charge on any atom is -0.462 e. The summed E-state index contributed by atoms with van der Waals surface area (Å²) in [5.41, 5.74) is 1.97. The van der Waals surface area contributed by atoms with E-state index in [4.69, 9.17) is 9.47 Å². The molecule has 3 rings (SSSR count). The van der Waals surface area contributed by atoms with Crippen molar-refractivity contribution in [2.75, 3.05) is 6.61 Å². The van der Waals surface area contributed by atoms with Crippen LogP contribution in [0.2, 0.25) is 0 Å². The third kappa shape index (κ3) is 2.23. The van der Waals surface area contributed by atoms with Crippen LogP contribution in [0.1, 0.15) is 18.1 Å². The van der Waals surface area contributed by atoms with Crippen LogP contribution in [0.3, 0.4) is 0 Å². The first-order chi connectivity index (χ1) is 10.8. The molecule has 1 aliphatic rings. The van der Waals surface area contributed by atoms with Gasteiger partial charge in [0.25, 0.3) is 0 Å². The number of esters is 1. The van der Waals surface area contributed by atoms with Gasteiger partial charge in [-0.1, -0.05) is 36.4 Å². The van der Waals surface area contributed by atoms with Crippen LogP contribution in [0, 0.1) is 11.3 Å². The molecule has 0 atom stereocenters. The number of carbonyl (C=O) groups is 1. The lowest BCUT2D eigenvalue weighted by Gasteiger charge is -2.23. The molecule has 0 saturated heterocycles. The predicted octanol–water partition coefficient (Wildman–Crippen LogP) is 3.68. The van der Waals surface area contributed by atoms with Gasteiger partial charge in [-0.25, -0.2) is 4.79 Å². The molecule has 0 saturated carbocycles. The molecule has 0 radical (unpaired) electrons. The summed E-state index contributed by atoms with van der Waals surface area (Å²) in [6, 6.07) is 16.7. The first-order valence-corrected chi connectivity index (χ1v) is 6.94. The molecule has 1 aliphatic heterocycles. The summed E-state index contributed by atoms with van der Waals surface area (Å²) in [5, 5.41) is 9.48. The Morgan fingerprint density at radius 1 is 1.09 bits per heavy atom. The number of carbonyl (C=O) groups excluding carboxylic acids is 1. The molecule has 2 aromatic rings. The fourth-order valence-electron chi connectivity index (χ4n) is 2.46. The molecule has 0 fully saturated rings. The minimum absolute atomic E-state index is 0.00921. The predicted molar refractivity (Wildman–Crippen MR) is 81.2 cm³/mol. The summed E-state index contributed by atoms with van der Waals surface area (Å²) in [7, 11) is 0. The lowest BCUT2D eigenvalue weighted by atomic mass is 9.90. The van der Waals surface area contributed by atoms with Crippen LogP contribution in [-0.2, 0) is 9.53 Å². The van der Waals surface area contributed by atoms with Crippen LogP contribution in [0.4, 0.5) is 0 Å². The Labute approximate surface area is 128 Å². The van der Waals surface area contributed by atoms with Crippen molar-refractivity contribution < 1.29 is 14.3 Å². The van der Waals surface area contributed by atoms with Gasteiger partial charge in [0, 0.05) is 16.7 Å². The lowest BCUT2D eigenvalue weighted by Crippen LogP contribution is -2.12. The van der Waals surface area contributed by atoms with Gasteiger partial charge >= 0.3 is 5.97 Å². The molecule has 22 heavy (non-hydrogen) atoms. The standard InChI is InChI=1S/C18H13NO3/c1-2-21-18(20)14(11-19)17-12-7-3-5-9-15(12)22-16-10-6-4-8-13(16)17/h3-10H,2H2,1H3. The number of nitriles is 1. The van der Waals surface area contributed by atoms with Gasteiger partial charge < -0.3 is 9.47 Å². The molecule has 0 bridgehead atoms. The van der Waals surface area contributed by atoms with Crippen molar-refractivity contribution in [2.45, 2.75) is 6.92 Å². The van der Waals surface area contributed by atoms with Crippen molar-refractivity contribution >= 4 is 11.5 Å². The normalized spacial score (nSPS) is 11.5. The van der Waals surface area contributed by atoms with E-state index in [1.54, 1.807) is 6.92 Å². The maximum absolute atomic E-state index is 12.1. The first-order valence-electron chi connectivity index (χ1n) is 6.94. The average molecular weight is 291 g/mol. The van der Waals surface area contributed by atoms with Crippen LogP contribution in [-0.4, -0.2) is 12.6 Å². The number of hydrogen-bond acceptors (Lipinski definition) is 4. The van der Waals surface area contributed by atoms with Crippen molar-refractivity contribution in [3.05, 3.63) is 65.2 Å². The fourth-order valence-corrected chi connectivity index (χ4v) is 2.46. The van der Waals surface area contributed by atoms with E-state index in [2.05, 4.69) is 0 Å². The summed E-state index contributed by atoms with van der Waals surface area (Å²) < 4.78 is 10.9. The zero-order chi connectivity index (χ0) is 15.5. The summed E-state index contributed by atoms with van der Waals surface area (Å²) in [6.45, 7) is 1.93. The number of fused-ring (bicyclic) bond motifs is 2. The lowest BCUT2D eigenvalue weighted by molar-refractivity contribution is -0.137. The Hall–Kier alpha value is -3.06. The van der Waals surface area contributed by atoms with Crippen molar-refractivity contribution in [3.63, 3.8) is 0 Å². The topological polar surface area (TPSA) is 59.3 Å². The van der Waals surface area contributed by atoms with Gasteiger partial charge in [-0.3, -0.25) is 0 Å². The molecular weight excluding hydrogens is 278 g/mol. The second kappa shape index (κ2) is 5.74. The molecule has 1 heterocycles. The molecule has 0 aromatic heterocycles. The highest BCUT2D eigenvalue weighted by Gasteiger charge is 2.27. The summed E-state index contributed by atoms with van der Waals surface area (Å²) >= 11 is 0. The van der Waals surface area contributed by atoms with Gasteiger partial charge in [-0.2, -0.15) is 5.26 Å². The number of rotatable bonds is 2. The minimum atomic E-state index is -0.619. The second-order valence-electron chi connectivity index (χ2n) is 4.68. The Kier molecular flexibility index (Phi) is 3.63. The monoisotopic (exact) mass is 291 g/mol. The molecule has 0 N–H and O–H groups in total. The van der Waals surface area contributed by atoms with Gasteiger partial charge in [-0.15, -0.1) is 0 Å². The Bertz CT molecular complexity index is 768. The van der Waals surface area contributed by atoms with E-state index >= 15 is 0 Å². The highest BCUT2D eigenvalue weighted by molar-refractivity contribution is 6.07. The number of para-hydroxylation sites is 2. The van der Waals surface area contributed by atoms with Gasteiger partial charge in [0.05, 0.1) is 6.61 Å². The molecule has 4 nitrogen and oxygen atoms in total. The van der Waals surface area contributed by atoms with Crippen LogP contribution in [0.25, 0.3) is 5.57 Å². The number of hydrogen-bond donors (Lipinski definition) is 0. The van der Waals surface area contributed by atoms with Crippen molar-refractivity contribution in [3.8, 4) is 17.6 Å². The van der Waals surface area contributed by atoms with Crippen LogP contribution < -0.4 is 4.74 Å². The molecule has 0 spiro atoms. The van der Waals surface area contributed by atoms with Crippen molar-refractivity contribution in [1.29, 1.82) is 5.26 Å². The Morgan fingerprint density at radius 2 is 1.64 bits per heavy atom. The summed E-state index contributed by atoms with van der Waals surface area (Å²) in [5.74, 6) is 0.619. The van der Waals surface area contributed by atoms with E-state index in [0.717, 1.165) is 0 Å². The van der Waals surface area contributed by atoms with Gasteiger partial charge in [-0.05, 0) is 19.1 Å². The zero-order valence-electron chi connectivity index (χ0n) is 12.0. The van der Waals surface area contributed by atoms with Crippen LogP contribution in [0.5, 0.6) is 11.5 Å².